The van der Waals surface area contributed by atoms with Crippen LogP contribution in [0, 0.1) is 6.92 Å². The zero-order valence-electron chi connectivity index (χ0n) is 17.1. The van der Waals surface area contributed by atoms with Crippen molar-refractivity contribution >= 4 is 40.1 Å². The largest absolute Gasteiger partial charge is 0.383 e. The second-order valence-corrected chi connectivity index (χ2v) is 7.22. The lowest BCUT2D eigenvalue weighted by Crippen LogP contribution is -2.25. The minimum Gasteiger partial charge on any atom is -0.383 e. The third kappa shape index (κ3) is 3.74. The van der Waals surface area contributed by atoms with Gasteiger partial charge in [0.1, 0.15) is 16.9 Å². The molecule has 0 aliphatic heterocycles. The molecule has 0 aliphatic rings. The minimum atomic E-state index is -0.264. The fraction of sp³-hybridized carbons (Fsp3) is 0.217. The molecule has 0 radical (unpaired) electrons. The fourth-order valence-corrected chi connectivity index (χ4v) is 3.33. The number of nitrogens with zero attached hydrogens (tertiary/aromatic N) is 4. The maximum atomic E-state index is 12.9. The number of hydrogen-bond acceptors (Lipinski definition) is 5. The number of nitrogens with two attached hydrogens (primary N) is 1. The second-order valence-electron chi connectivity index (χ2n) is 7.22. The zero-order chi connectivity index (χ0) is 21.1. The van der Waals surface area contributed by atoms with Crippen LogP contribution in [-0.2, 0) is 0 Å². The molecule has 152 valence electrons. The molecule has 2 aromatic carbocycles. The molecule has 0 fully saturated rings. The first-order valence-corrected chi connectivity index (χ1v) is 10.0. The number of benzene rings is 2. The molecule has 0 unspecified atom stereocenters. The van der Waals surface area contributed by atoms with E-state index >= 15 is 0 Å². The molecule has 0 saturated heterocycles. The fourth-order valence-electron chi connectivity index (χ4n) is 3.33. The van der Waals surface area contributed by atoms with Gasteiger partial charge in [-0.3, -0.25) is 4.79 Å². The number of carbonyl (C=O) groups excluding carboxylic acids is 1. The number of aryl methyl sites for hydroxylation is 1. The number of amides is 1. The number of anilines is 1. The lowest BCUT2D eigenvalue weighted by molar-refractivity contribution is 0.0955. The molecule has 2 aromatic heterocycles. The van der Waals surface area contributed by atoms with Crippen molar-refractivity contribution in [1.82, 2.24) is 20.0 Å². The highest BCUT2D eigenvalue weighted by molar-refractivity contribution is 6.10. The Hall–Kier alpha value is -3.74. The highest BCUT2D eigenvalue weighted by atomic mass is 16.1. The van der Waals surface area contributed by atoms with E-state index in [4.69, 9.17) is 10.7 Å². The van der Waals surface area contributed by atoms with Crippen LogP contribution in [-0.4, -0.2) is 33.3 Å². The maximum absolute atomic E-state index is 12.9. The van der Waals surface area contributed by atoms with Gasteiger partial charge in [0.25, 0.3) is 5.91 Å². The van der Waals surface area contributed by atoms with Crippen LogP contribution in [0.4, 0.5) is 5.82 Å². The van der Waals surface area contributed by atoms with Crippen molar-refractivity contribution in [2.45, 2.75) is 26.7 Å². The summed E-state index contributed by atoms with van der Waals surface area (Å²) in [7, 11) is 0. The number of rotatable bonds is 6. The summed E-state index contributed by atoms with van der Waals surface area (Å²) in [5, 5.41) is 7.46. The van der Waals surface area contributed by atoms with Crippen LogP contribution in [0.25, 0.3) is 22.2 Å². The van der Waals surface area contributed by atoms with Gasteiger partial charge in [-0.05, 0) is 31.0 Å². The topological polar surface area (TPSA) is 98.2 Å². The Bertz CT molecular complexity index is 1260. The number of carbonyl (C=O) groups is 1. The van der Waals surface area contributed by atoms with Gasteiger partial charge in [0.15, 0.2) is 5.65 Å². The zero-order valence-corrected chi connectivity index (χ0v) is 17.1. The number of unbranched alkanes of at least 4 members (excludes halogenated alkanes) is 1. The van der Waals surface area contributed by atoms with Crippen LogP contribution in [0.2, 0.25) is 0 Å². The van der Waals surface area contributed by atoms with Crippen molar-refractivity contribution in [2.75, 3.05) is 12.3 Å². The van der Waals surface area contributed by atoms with E-state index in [1.165, 1.54) is 4.68 Å². The second kappa shape index (κ2) is 8.32. The molecular formula is C23H24N6O. The molecular weight excluding hydrogens is 376 g/mol. The van der Waals surface area contributed by atoms with Crippen LogP contribution in [0.3, 0.4) is 0 Å². The van der Waals surface area contributed by atoms with Crippen molar-refractivity contribution in [3.63, 3.8) is 0 Å². The number of nitrogen functional groups attached to an aromatic ring is 1. The van der Waals surface area contributed by atoms with Crippen LogP contribution in [0.1, 0.15) is 41.3 Å². The third-order valence-corrected chi connectivity index (χ3v) is 4.88. The van der Waals surface area contributed by atoms with E-state index in [0.29, 0.717) is 34.3 Å². The van der Waals surface area contributed by atoms with Crippen molar-refractivity contribution in [2.24, 2.45) is 5.10 Å². The molecule has 0 bridgehead atoms. The quantitative estimate of drug-likeness (QED) is 0.379. The Morgan fingerprint density at radius 2 is 1.93 bits per heavy atom. The summed E-state index contributed by atoms with van der Waals surface area (Å²) >= 11 is 0. The van der Waals surface area contributed by atoms with E-state index < -0.39 is 0 Å². The van der Waals surface area contributed by atoms with Crippen molar-refractivity contribution in [3.05, 3.63) is 65.2 Å². The van der Waals surface area contributed by atoms with Gasteiger partial charge in [0, 0.05) is 6.54 Å². The Kier molecular flexibility index (Phi) is 5.43. The summed E-state index contributed by atoms with van der Waals surface area (Å²) in [6.07, 6.45) is 3.59. The van der Waals surface area contributed by atoms with Crippen molar-refractivity contribution in [3.8, 4) is 0 Å². The predicted octanol–water partition coefficient (Wildman–Crippen LogP) is 3.89. The summed E-state index contributed by atoms with van der Waals surface area (Å²) in [6.45, 7) is 4.67. The van der Waals surface area contributed by atoms with Crippen LogP contribution < -0.4 is 11.1 Å². The molecule has 4 aromatic rings. The number of nitrogens with one attached hydrogen (secondary N) is 1. The van der Waals surface area contributed by atoms with E-state index in [1.807, 2.05) is 55.5 Å². The summed E-state index contributed by atoms with van der Waals surface area (Å²) in [6, 6.07) is 15.5. The van der Waals surface area contributed by atoms with E-state index in [9.17, 15) is 4.79 Å². The lowest BCUT2D eigenvalue weighted by Gasteiger charge is -2.04. The first kappa shape index (κ1) is 19.6. The molecule has 0 atom stereocenters. The molecule has 0 aliphatic carbocycles. The SMILES string of the molecule is CCCCNC(=O)c1c(N)n(/N=C\c2cccc(C)c2)c2nc3ccccc3nc12. The molecule has 2 heterocycles. The highest BCUT2D eigenvalue weighted by Crippen LogP contribution is 2.27. The molecule has 7 nitrogen and oxygen atoms in total. The van der Waals surface area contributed by atoms with E-state index in [-0.39, 0.29) is 11.7 Å². The van der Waals surface area contributed by atoms with Gasteiger partial charge in [-0.15, -0.1) is 0 Å². The van der Waals surface area contributed by atoms with E-state index in [2.05, 4.69) is 22.3 Å². The lowest BCUT2D eigenvalue weighted by atomic mass is 10.2. The van der Waals surface area contributed by atoms with Gasteiger partial charge in [-0.1, -0.05) is 55.3 Å². The van der Waals surface area contributed by atoms with Gasteiger partial charge < -0.3 is 11.1 Å². The highest BCUT2D eigenvalue weighted by Gasteiger charge is 2.23. The first-order valence-electron chi connectivity index (χ1n) is 10.0. The number of fused-ring (bicyclic) bond motifs is 2. The Morgan fingerprint density at radius 3 is 2.67 bits per heavy atom. The van der Waals surface area contributed by atoms with Gasteiger partial charge in [0.2, 0.25) is 0 Å². The van der Waals surface area contributed by atoms with E-state index in [1.54, 1.807) is 6.21 Å². The first-order chi connectivity index (χ1) is 14.6. The van der Waals surface area contributed by atoms with Crippen molar-refractivity contribution < 1.29 is 4.79 Å². The minimum absolute atomic E-state index is 0.221. The summed E-state index contributed by atoms with van der Waals surface area (Å²) in [5.41, 5.74) is 11.1. The smallest absolute Gasteiger partial charge is 0.257 e. The van der Waals surface area contributed by atoms with Crippen LogP contribution >= 0.6 is 0 Å². The summed E-state index contributed by atoms with van der Waals surface area (Å²) in [4.78, 5) is 22.3. The third-order valence-electron chi connectivity index (χ3n) is 4.88. The Labute approximate surface area is 174 Å². The Balaban J connectivity index is 1.86. The van der Waals surface area contributed by atoms with Crippen molar-refractivity contribution in [1.29, 1.82) is 0 Å². The normalized spacial score (nSPS) is 11.5. The number of hydrogen-bond donors (Lipinski definition) is 2. The molecule has 0 spiro atoms. The van der Waals surface area contributed by atoms with Gasteiger partial charge in [0.05, 0.1) is 17.2 Å². The number of para-hydroxylation sites is 2. The van der Waals surface area contributed by atoms with Crippen LogP contribution in [0.15, 0.2) is 53.6 Å². The van der Waals surface area contributed by atoms with Gasteiger partial charge >= 0.3 is 0 Å². The average molecular weight is 400 g/mol. The molecule has 1 amide bonds. The molecule has 0 saturated carbocycles. The number of aromatic nitrogens is 3. The van der Waals surface area contributed by atoms with Gasteiger partial charge in [-0.2, -0.15) is 9.78 Å². The molecule has 4 rings (SSSR count). The molecule has 30 heavy (non-hydrogen) atoms. The Morgan fingerprint density at radius 1 is 1.17 bits per heavy atom. The monoisotopic (exact) mass is 400 g/mol. The maximum Gasteiger partial charge on any atom is 0.257 e. The van der Waals surface area contributed by atoms with Gasteiger partial charge in [-0.25, -0.2) is 9.97 Å². The standard InChI is InChI=1S/C23H24N6O/c1-3-4-12-25-23(30)19-20-22(28-18-11-6-5-10-17(18)27-20)29(21(19)24)26-14-16-9-7-8-15(2)13-16/h5-11,13-14H,3-4,12,24H2,1-2H3,(H,25,30)/b26-14-. The van der Waals surface area contributed by atoms with Crippen LogP contribution in [0.5, 0.6) is 0 Å². The average Bonchev–Trinajstić information content (AvgIpc) is 3.01. The summed E-state index contributed by atoms with van der Waals surface area (Å²) in [5.74, 6) is -0.0433. The van der Waals surface area contributed by atoms with E-state index in [0.717, 1.165) is 24.0 Å². The summed E-state index contributed by atoms with van der Waals surface area (Å²) < 4.78 is 1.49. The predicted molar refractivity (Wildman–Crippen MR) is 121 cm³/mol. The molecule has 3 N–H and O–H groups in total. The molecule has 7 heteroatoms.